The summed E-state index contributed by atoms with van der Waals surface area (Å²) in [4.78, 5) is 12.6. The number of hydrogen-bond donors (Lipinski definition) is 2. The van der Waals surface area contributed by atoms with Gasteiger partial charge in [-0.05, 0) is 29.6 Å². The Kier molecular flexibility index (Phi) is 4.85. The van der Waals surface area contributed by atoms with Gasteiger partial charge in [0.25, 0.3) is 0 Å². The zero-order valence-electron chi connectivity index (χ0n) is 10.9. The maximum atomic E-state index is 12.5. The summed E-state index contributed by atoms with van der Waals surface area (Å²) in [5.74, 6) is -0.277. The van der Waals surface area contributed by atoms with Crippen LogP contribution in [0.4, 0.5) is 18.9 Å². The number of nitrogens with one attached hydrogen (secondary N) is 2. The summed E-state index contributed by atoms with van der Waals surface area (Å²) in [5.41, 5.74) is -0.484. The molecular weight excluding hydrogens is 301 g/mol. The standard InChI is InChI=1S/C14H13F3N2OS/c15-14(16,17)10-3-1-4-11(7-10)18-9-13(20)19-8-12-5-2-6-21-12/h1-7,18H,8-9H2,(H,19,20). The second-order valence-electron chi connectivity index (χ2n) is 4.29. The van der Waals surface area contributed by atoms with Crippen molar-refractivity contribution in [1.82, 2.24) is 5.32 Å². The molecule has 1 aromatic heterocycles. The van der Waals surface area contributed by atoms with Crippen molar-refractivity contribution >= 4 is 22.9 Å². The van der Waals surface area contributed by atoms with Crippen LogP contribution in [0.1, 0.15) is 10.4 Å². The first-order valence-electron chi connectivity index (χ1n) is 6.15. The number of benzene rings is 1. The predicted octanol–water partition coefficient (Wildman–Crippen LogP) is 3.50. The monoisotopic (exact) mass is 314 g/mol. The molecule has 0 aliphatic carbocycles. The lowest BCUT2D eigenvalue weighted by Gasteiger charge is -2.10. The Morgan fingerprint density at radius 3 is 2.67 bits per heavy atom. The van der Waals surface area contributed by atoms with Crippen molar-refractivity contribution in [2.24, 2.45) is 0 Å². The highest BCUT2D eigenvalue weighted by molar-refractivity contribution is 7.09. The summed E-state index contributed by atoms with van der Waals surface area (Å²) in [6, 6.07) is 8.53. The molecule has 3 nitrogen and oxygen atoms in total. The third-order valence-electron chi connectivity index (χ3n) is 2.68. The van der Waals surface area contributed by atoms with Crippen molar-refractivity contribution in [1.29, 1.82) is 0 Å². The Bertz CT molecular complexity index is 597. The Morgan fingerprint density at radius 2 is 2.00 bits per heavy atom. The highest BCUT2D eigenvalue weighted by Crippen LogP contribution is 2.30. The van der Waals surface area contributed by atoms with E-state index >= 15 is 0 Å². The molecule has 0 bridgehead atoms. The molecule has 1 heterocycles. The molecule has 1 aromatic carbocycles. The predicted molar refractivity (Wildman–Crippen MR) is 76.1 cm³/mol. The van der Waals surface area contributed by atoms with Crippen LogP contribution in [0.2, 0.25) is 0 Å². The van der Waals surface area contributed by atoms with Crippen LogP contribution in [0, 0.1) is 0 Å². The maximum Gasteiger partial charge on any atom is 0.416 e. The van der Waals surface area contributed by atoms with Crippen molar-refractivity contribution in [3.05, 3.63) is 52.2 Å². The zero-order chi connectivity index (χ0) is 15.3. The van der Waals surface area contributed by atoms with E-state index in [1.54, 1.807) is 0 Å². The topological polar surface area (TPSA) is 41.1 Å². The summed E-state index contributed by atoms with van der Waals surface area (Å²) in [7, 11) is 0. The van der Waals surface area contributed by atoms with E-state index in [9.17, 15) is 18.0 Å². The van der Waals surface area contributed by atoms with Gasteiger partial charge in [-0.15, -0.1) is 11.3 Å². The number of amides is 1. The number of carbonyl (C=O) groups excluding carboxylic acids is 1. The van der Waals surface area contributed by atoms with Gasteiger partial charge in [0.1, 0.15) is 0 Å². The maximum absolute atomic E-state index is 12.5. The summed E-state index contributed by atoms with van der Waals surface area (Å²) in [6.45, 7) is 0.341. The molecule has 0 saturated carbocycles. The van der Waals surface area contributed by atoms with Gasteiger partial charge in [0.15, 0.2) is 0 Å². The Morgan fingerprint density at radius 1 is 1.19 bits per heavy atom. The lowest BCUT2D eigenvalue weighted by atomic mass is 10.2. The van der Waals surface area contributed by atoms with Crippen molar-refractivity contribution in [2.75, 3.05) is 11.9 Å². The lowest BCUT2D eigenvalue weighted by molar-refractivity contribution is -0.137. The largest absolute Gasteiger partial charge is 0.416 e. The minimum absolute atomic E-state index is 0.0767. The number of carbonyl (C=O) groups is 1. The van der Waals surface area contributed by atoms with E-state index in [1.807, 2.05) is 17.5 Å². The fourth-order valence-electron chi connectivity index (χ4n) is 1.65. The number of rotatable bonds is 5. The third-order valence-corrected chi connectivity index (χ3v) is 3.56. The molecule has 0 radical (unpaired) electrons. The van der Waals surface area contributed by atoms with Crippen molar-refractivity contribution < 1.29 is 18.0 Å². The fourth-order valence-corrected chi connectivity index (χ4v) is 2.29. The Hall–Kier alpha value is -2.02. The minimum atomic E-state index is -4.39. The second kappa shape index (κ2) is 6.62. The van der Waals surface area contributed by atoms with Crippen LogP contribution in [0.3, 0.4) is 0 Å². The fraction of sp³-hybridized carbons (Fsp3) is 0.214. The van der Waals surface area contributed by atoms with Crippen LogP contribution >= 0.6 is 11.3 Å². The van der Waals surface area contributed by atoms with E-state index in [2.05, 4.69) is 10.6 Å². The molecule has 0 aliphatic heterocycles. The molecule has 2 N–H and O–H groups in total. The summed E-state index contributed by atoms with van der Waals surface area (Å²) >= 11 is 1.52. The molecule has 7 heteroatoms. The Labute approximate surface area is 123 Å². The molecule has 2 rings (SSSR count). The molecule has 0 saturated heterocycles. The highest BCUT2D eigenvalue weighted by Gasteiger charge is 2.30. The van der Waals surface area contributed by atoms with Gasteiger partial charge < -0.3 is 10.6 Å². The van der Waals surface area contributed by atoms with Crippen LogP contribution in [-0.2, 0) is 17.5 Å². The van der Waals surface area contributed by atoms with Gasteiger partial charge in [0.05, 0.1) is 18.7 Å². The van der Waals surface area contributed by atoms with Crippen LogP contribution < -0.4 is 10.6 Å². The second-order valence-corrected chi connectivity index (χ2v) is 5.32. The number of alkyl halides is 3. The molecule has 0 spiro atoms. The van der Waals surface area contributed by atoms with Gasteiger partial charge in [0, 0.05) is 10.6 Å². The van der Waals surface area contributed by atoms with Crippen LogP contribution in [0.15, 0.2) is 41.8 Å². The molecule has 112 valence electrons. The normalized spacial score (nSPS) is 11.2. The molecule has 0 atom stereocenters. The van der Waals surface area contributed by atoms with Gasteiger partial charge in [-0.3, -0.25) is 4.79 Å². The van der Waals surface area contributed by atoms with E-state index in [0.717, 1.165) is 17.0 Å². The van der Waals surface area contributed by atoms with Crippen LogP contribution in [0.5, 0.6) is 0 Å². The van der Waals surface area contributed by atoms with E-state index in [1.165, 1.54) is 23.5 Å². The molecule has 0 fully saturated rings. The summed E-state index contributed by atoms with van der Waals surface area (Å²) < 4.78 is 37.6. The molecule has 0 unspecified atom stereocenters. The molecular formula is C14H13F3N2OS. The quantitative estimate of drug-likeness (QED) is 0.887. The van der Waals surface area contributed by atoms with Gasteiger partial charge in [-0.25, -0.2) is 0 Å². The summed E-state index contributed by atoms with van der Waals surface area (Å²) in [5, 5.41) is 7.27. The molecule has 0 aliphatic rings. The smallest absolute Gasteiger partial charge is 0.376 e. The third kappa shape index (κ3) is 4.78. The first-order chi connectivity index (χ1) is 9.95. The van der Waals surface area contributed by atoms with Crippen molar-refractivity contribution in [3.8, 4) is 0 Å². The van der Waals surface area contributed by atoms with Gasteiger partial charge in [0.2, 0.25) is 5.91 Å². The molecule has 21 heavy (non-hydrogen) atoms. The number of thiophene rings is 1. The average molecular weight is 314 g/mol. The van der Waals surface area contributed by atoms with E-state index < -0.39 is 11.7 Å². The van der Waals surface area contributed by atoms with Crippen molar-refractivity contribution in [3.63, 3.8) is 0 Å². The SMILES string of the molecule is O=C(CNc1cccc(C(F)(F)F)c1)NCc1cccs1. The summed E-state index contributed by atoms with van der Waals surface area (Å²) in [6.07, 6.45) is -4.39. The highest BCUT2D eigenvalue weighted by atomic mass is 32.1. The lowest BCUT2D eigenvalue weighted by Crippen LogP contribution is -2.29. The number of hydrogen-bond acceptors (Lipinski definition) is 3. The average Bonchev–Trinajstić information content (AvgIpc) is 2.95. The first kappa shape index (κ1) is 15.4. The molecule has 2 aromatic rings. The minimum Gasteiger partial charge on any atom is -0.376 e. The first-order valence-corrected chi connectivity index (χ1v) is 7.03. The molecule has 1 amide bonds. The number of halogens is 3. The zero-order valence-corrected chi connectivity index (χ0v) is 11.7. The van der Waals surface area contributed by atoms with Gasteiger partial charge >= 0.3 is 6.18 Å². The van der Waals surface area contributed by atoms with E-state index in [0.29, 0.717) is 6.54 Å². The Balaban J connectivity index is 1.83. The van der Waals surface area contributed by atoms with Gasteiger partial charge in [-0.1, -0.05) is 12.1 Å². The van der Waals surface area contributed by atoms with Crippen LogP contribution in [-0.4, -0.2) is 12.5 Å². The van der Waals surface area contributed by atoms with E-state index in [-0.39, 0.29) is 18.1 Å². The number of anilines is 1. The van der Waals surface area contributed by atoms with Crippen LogP contribution in [0.25, 0.3) is 0 Å². The van der Waals surface area contributed by atoms with Gasteiger partial charge in [-0.2, -0.15) is 13.2 Å². The van der Waals surface area contributed by atoms with Crippen molar-refractivity contribution in [2.45, 2.75) is 12.7 Å². The van der Waals surface area contributed by atoms with E-state index in [4.69, 9.17) is 0 Å².